The average molecular weight is 178 g/mol. The minimum atomic E-state index is -0.339. The van der Waals surface area contributed by atoms with Gasteiger partial charge >= 0.3 is 0 Å². The van der Waals surface area contributed by atoms with Crippen LogP contribution in [0, 0.1) is 23.7 Å². The maximum atomic E-state index is 9.79. The molecule has 0 spiro atoms. The molecule has 6 atom stereocenters. The van der Waals surface area contributed by atoms with Crippen LogP contribution in [-0.4, -0.2) is 22.4 Å². The molecule has 1 fully saturated rings. The van der Waals surface area contributed by atoms with Crippen LogP contribution in [0.5, 0.6) is 0 Å². The first-order valence-corrected chi connectivity index (χ1v) is 5.00. The second-order valence-corrected chi connectivity index (χ2v) is 4.47. The van der Waals surface area contributed by atoms with Gasteiger partial charge in [0.05, 0.1) is 12.2 Å². The predicted molar refractivity (Wildman–Crippen MR) is 48.9 cm³/mol. The van der Waals surface area contributed by atoms with Crippen LogP contribution in [0.1, 0.15) is 6.42 Å². The van der Waals surface area contributed by atoms with Crippen molar-refractivity contribution in [1.82, 2.24) is 0 Å². The number of fused-ring (bicyclic) bond motifs is 5. The number of allylic oxidation sites excluding steroid dienone is 2. The first-order chi connectivity index (χ1) is 6.27. The monoisotopic (exact) mass is 178 g/mol. The summed E-state index contributed by atoms with van der Waals surface area (Å²) in [6, 6.07) is 0. The first-order valence-electron chi connectivity index (χ1n) is 5.00. The Morgan fingerprint density at radius 3 is 1.69 bits per heavy atom. The molecule has 1 saturated carbocycles. The summed E-state index contributed by atoms with van der Waals surface area (Å²) in [5, 5.41) is 19.6. The van der Waals surface area contributed by atoms with E-state index in [0.717, 1.165) is 6.42 Å². The van der Waals surface area contributed by atoms with Gasteiger partial charge in [0.25, 0.3) is 0 Å². The van der Waals surface area contributed by atoms with E-state index in [9.17, 15) is 10.2 Å². The van der Waals surface area contributed by atoms with Crippen molar-refractivity contribution in [2.75, 3.05) is 0 Å². The number of hydrogen-bond donors (Lipinski definition) is 2. The molecule has 2 bridgehead atoms. The minimum Gasteiger partial charge on any atom is -0.389 e. The van der Waals surface area contributed by atoms with Gasteiger partial charge in [-0.05, 0) is 18.3 Å². The van der Waals surface area contributed by atoms with E-state index in [-0.39, 0.29) is 24.0 Å². The summed E-state index contributed by atoms with van der Waals surface area (Å²) < 4.78 is 0. The smallest absolute Gasteiger partial charge is 0.0759 e. The molecule has 0 aromatic rings. The van der Waals surface area contributed by atoms with E-state index < -0.39 is 0 Å². The van der Waals surface area contributed by atoms with Gasteiger partial charge in [0.2, 0.25) is 0 Å². The van der Waals surface area contributed by atoms with Gasteiger partial charge in [-0.1, -0.05) is 24.3 Å². The van der Waals surface area contributed by atoms with E-state index in [0.29, 0.717) is 11.8 Å². The summed E-state index contributed by atoms with van der Waals surface area (Å²) in [4.78, 5) is 0. The molecule has 2 heteroatoms. The Balaban J connectivity index is 2.00. The zero-order valence-electron chi connectivity index (χ0n) is 7.38. The third-order valence-electron chi connectivity index (χ3n) is 3.88. The molecule has 3 aliphatic rings. The van der Waals surface area contributed by atoms with Crippen LogP contribution in [0.25, 0.3) is 0 Å². The van der Waals surface area contributed by atoms with Crippen molar-refractivity contribution in [2.24, 2.45) is 23.7 Å². The lowest BCUT2D eigenvalue weighted by molar-refractivity contribution is 0.0277. The highest BCUT2D eigenvalue weighted by Gasteiger charge is 2.50. The fourth-order valence-corrected chi connectivity index (χ4v) is 3.34. The Bertz CT molecular complexity index is 256. The van der Waals surface area contributed by atoms with Crippen LogP contribution in [0.15, 0.2) is 24.3 Å². The van der Waals surface area contributed by atoms with Crippen molar-refractivity contribution < 1.29 is 10.2 Å². The lowest BCUT2D eigenvalue weighted by Crippen LogP contribution is -2.39. The van der Waals surface area contributed by atoms with Gasteiger partial charge in [0.15, 0.2) is 0 Å². The summed E-state index contributed by atoms with van der Waals surface area (Å²) in [7, 11) is 0. The Morgan fingerprint density at radius 1 is 0.769 bits per heavy atom. The number of aliphatic hydroxyl groups excluding tert-OH is 2. The average Bonchev–Trinajstić information content (AvgIpc) is 2.70. The van der Waals surface area contributed by atoms with Gasteiger partial charge in [-0.15, -0.1) is 0 Å². The number of aliphatic hydroxyl groups is 2. The van der Waals surface area contributed by atoms with Gasteiger partial charge in [-0.25, -0.2) is 0 Å². The molecule has 0 heterocycles. The van der Waals surface area contributed by atoms with Crippen LogP contribution in [0.2, 0.25) is 0 Å². The summed E-state index contributed by atoms with van der Waals surface area (Å²) in [5.41, 5.74) is 0. The summed E-state index contributed by atoms with van der Waals surface area (Å²) in [6.07, 6.45) is 8.37. The molecule has 0 amide bonds. The molecule has 0 aliphatic heterocycles. The van der Waals surface area contributed by atoms with E-state index in [1.54, 1.807) is 12.2 Å². The molecule has 2 nitrogen and oxygen atoms in total. The van der Waals surface area contributed by atoms with E-state index in [1.165, 1.54) is 0 Å². The lowest BCUT2D eigenvalue weighted by Gasteiger charge is -2.36. The highest BCUT2D eigenvalue weighted by atomic mass is 16.3. The highest BCUT2D eigenvalue weighted by molar-refractivity contribution is 5.22. The molecule has 70 valence electrons. The zero-order chi connectivity index (χ0) is 9.00. The molecular weight excluding hydrogens is 164 g/mol. The predicted octanol–water partition coefficient (Wildman–Crippen LogP) is 0.716. The SMILES string of the molecule is O[C@@H]1C=C[C@H](O)[C@@H]2[C@H]1[C@H]1C=C[C@@H]2C1. The first kappa shape index (κ1) is 7.77. The van der Waals surface area contributed by atoms with Crippen LogP contribution >= 0.6 is 0 Å². The van der Waals surface area contributed by atoms with Gasteiger partial charge < -0.3 is 10.2 Å². The second-order valence-electron chi connectivity index (χ2n) is 4.47. The fourth-order valence-electron chi connectivity index (χ4n) is 3.34. The fraction of sp³-hybridized carbons (Fsp3) is 0.636. The van der Waals surface area contributed by atoms with E-state index in [4.69, 9.17) is 0 Å². The third-order valence-corrected chi connectivity index (χ3v) is 3.88. The second kappa shape index (κ2) is 2.46. The van der Waals surface area contributed by atoms with E-state index in [2.05, 4.69) is 12.2 Å². The lowest BCUT2D eigenvalue weighted by atomic mass is 9.73. The maximum Gasteiger partial charge on any atom is 0.0759 e. The molecule has 0 saturated heterocycles. The van der Waals surface area contributed by atoms with Crippen LogP contribution in [-0.2, 0) is 0 Å². The largest absolute Gasteiger partial charge is 0.389 e. The molecule has 2 N–H and O–H groups in total. The Kier molecular flexibility index (Phi) is 1.47. The maximum absolute atomic E-state index is 9.79. The van der Waals surface area contributed by atoms with Crippen molar-refractivity contribution in [3.8, 4) is 0 Å². The van der Waals surface area contributed by atoms with Gasteiger partial charge in [-0.2, -0.15) is 0 Å². The van der Waals surface area contributed by atoms with Crippen LogP contribution in [0.3, 0.4) is 0 Å². The summed E-state index contributed by atoms with van der Waals surface area (Å²) >= 11 is 0. The molecule has 0 radical (unpaired) electrons. The molecule has 3 aliphatic carbocycles. The van der Waals surface area contributed by atoms with Crippen molar-refractivity contribution in [3.05, 3.63) is 24.3 Å². The summed E-state index contributed by atoms with van der Waals surface area (Å²) in [6.45, 7) is 0. The van der Waals surface area contributed by atoms with Crippen molar-refractivity contribution >= 4 is 0 Å². The minimum absolute atomic E-state index is 0.273. The van der Waals surface area contributed by atoms with Crippen molar-refractivity contribution in [1.29, 1.82) is 0 Å². The van der Waals surface area contributed by atoms with Gasteiger partial charge in [-0.3, -0.25) is 0 Å². The molecule has 0 aromatic heterocycles. The highest BCUT2D eigenvalue weighted by Crippen LogP contribution is 2.52. The molecule has 0 aromatic carbocycles. The quantitative estimate of drug-likeness (QED) is 0.536. The van der Waals surface area contributed by atoms with E-state index in [1.807, 2.05) is 0 Å². The van der Waals surface area contributed by atoms with Crippen LogP contribution in [0.4, 0.5) is 0 Å². The van der Waals surface area contributed by atoms with E-state index >= 15 is 0 Å². The Morgan fingerprint density at radius 2 is 1.23 bits per heavy atom. The van der Waals surface area contributed by atoms with Gasteiger partial charge in [0.1, 0.15) is 0 Å². The number of rotatable bonds is 0. The number of hydrogen-bond acceptors (Lipinski definition) is 2. The molecule has 0 unspecified atom stereocenters. The topological polar surface area (TPSA) is 40.5 Å². The standard InChI is InChI=1S/C11H14O2/c12-8-3-4-9(13)11-7-2-1-6(5-7)10(8)11/h1-4,6-13H,5H2/t6-,7+,8+,9-,10-,11+. The molecule has 13 heavy (non-hydrogen) atoms. The Labute approximate surface area is 77.6 Å². The van der Waals surface area contributed by atoms with Gasteiger partial charge in [0, 0.05) is 11.8 Å². The summed E-state index contributed by atoms with van der Waals surface area (Å²) in [5.74, 6) is 1.55. The zero-order valence-corrected chi connectivity index (χ0v) is 7.38. The van der Waals surface area contributed by atoms with Crippen molar-refractivity contribution in [3.63, 3.8) is 0 Å². The molecule has 3 rings (SSSR count). The Hall–Kier alpha value is -0.600. The normalized spacial score (nSPS) is 57.1. The van der Waals surface area contributed by atoms with Crippen molar-refractivity contribution in [2.45, 2.75) is 18.6 Å². The molecular formula is C11H14O2. The third kappa shape index (κ3) is 0.903. The van der Waals surface area contributed by atoms with Crippen LogP contribution < -0.4 is 0 Å².